The number of pyridine rings is 4. The molecule has 1 amide bonds. The van der Waals surface area contributed by atoms with Gasteiger partial charge in [-0.2, -0.15) is 0 Å². The average Bonchev–Trinajstić information content (AvgIpc) is 0.877. The number of aromatic nitrogens is 4. The number of rotatable bonds is 36. The summed E-state index contributed by atoms with van der Waals surface area (Å²) in [6.07, 6.45) is 38.4. The van der Waals surface area contributed by atoms with E-state index in [2.05, 4.69) is 197 Å². The standard InChI is InChI=1S/C29H41N3O4.3C25H35N3O2/c1-29(2,3)36-28(33)32-14-7-10-25(32)22-35-27-18-26(19-30-20-27)31-15-11-23(12-16-31)13-17-34-21-24-8-5-4-6-9-24;3*1-27-12-5-8-23(27)20-30-25-16-24(17-26-18-25)28-13-9-21(10-14-28)11-15-29-19-22-6-3-2-4-7-22/h4-6,8-9,18-20,23,25H,7,10-17,21-22H2,1-3H3;3*2-4,6-7,16-18,21,23H,5,8-15,19-20H2,1H3/t25-;3*23-/m1111/s1. The minimum absolute atomic E-state index is 0.0309. The number of likely N-dealkylation sites (tertiary alicyclic amines) is 4. The molecule has 8 aromatic rings. The minimum atomic E-state index is -0.494. The Kier molecular flexibility index (Phi) is 38.4. The number of ether oxygens (including phenoxy) is 9. The number of benzene rings is 4. The SMILES string of the molecule is CC(C)(C)OC(=O)N1CCC[C@@H]1COc1cncc(N2CCC(CCOCc3ccccc3)CC2)c1.CN1CCC[C@@H]1COc1cncc(N2CCC(CCOCc3ccccc3)CC2)c1.CN1CCC[C@@H]1COc1cncc(N2CCC(CCOCc3ccccc3)CC2)c1.CN1CCC[C@@H]1COc1cncc(N2CCC(CCOCc3ccccc3)CC2)c1. The van der Waals surface area contributed by atoms with E-state index >= 15 is 0 Å². The molecule has 8 fully saturated rings. The van der Waals surface area contributed by atoms with Crippen LogP contribution < -0.4 is 38.5 Å². The van der Waals surface area contributed by atoms with Gasteiger partial charge in [-0.05, 0) is 236 Å². The molecule has 0 bridgehead atoms. The van der Waals surface area contributed by atoms with Gasteiger partial charge in [-0.25, -0.2) is 4.79 Å². The van der Waals surface area contributed by atoms with Crippen LogP contribution >= 0.6 is 0 Å². The number of hydrogen-bond acceptors (Lipinski definition) is 21. The van der Waals surface area contributed by atoms with Crippen LogP contribution in [-0.4, -0.2) is 228 Å². The smallest absolute Gasteiger partial charge is 0.410 e. The van der Waals surface area contributed by atoms with E-state index in [-0.39, 0.29) is 12.1 Å². The molecular formula is C104H146N12O10. The molecule has 16 rings (SSSR count). The molecule has 4 aromatic carbocycles. The van der Waals surface area contributed by atoms with Gasteiger partial charge in [0.1, 0.15) is 55.0 Å². The van der Waals surface area contributed by atoms with E-state index in [4.69, 9.17) is 42.6 Å². The molecule has 22 heteroatoms. The number of piperidine rings is 4. The molecular weight excluding hydrogens is 1580 g/mol. The van der Waals surface area contributed by atoms with Gasteiger partial charge in [-0.3, -0.25) is 19.9 Å². The maximum Gasteiger partial charge on any atom is 0.410 e. The molecule has 0 unspecified atom stereocenters. The first-order valence-corrected chi connectivity index (χ1v) is 47.6. The Morgan fingerprint density at radius 1 is 0.317 bits per heavy atom. The Morgan fingerprint density at radius 2 is 0.563 bits per heavy atom. The van der Waals surface area contributed by atoms with Gasteiger partial charge in [-0.15, -0.1) is 0 Å². The molecule has 0 aliphatic carbocycles. The highest BCUT2D eigenvalue weighted by atomic mass is 16.6. The Bertz CT molecular complexity index is 4030. The van der Waals surface area contributed by atoms with Gasteiger partial charge >= 0.3 is 6.09 Å². The molecule has 12 heterocycles. The first-order chi connectivity index (χ1) is 61.7. The van der Waals surface area contributed by atoms with Crippen LogP contribution in [0.4, 0.5) is 27.5 Å². The van der Waals surface area contributed by atoms with Crippen molar-refractivity contribution in [2.45, 2.75) is 205 Å². The van der Waals surface area contributed by atoms with E-state index in [0.717, 1.165) is 216 Å². The molecule has 126 heavy (non-hydrogen) atoms. The van der Waals surface area contributed by atoms with Gasteiger partial charge < -0.3 is 81.8 Å². The van der Waals surface area contributed by atoms with Gasteiger partial charge in [0.2, 0.25) is 0 Å². The second kappa shape index (κ2) is 51.2. The first-order valence-electron chi connectivity index (χ1n) is 47.6. The van der Waals surface area contributed by atoms with Crippen LogP contribution in [0.3, 0.4) is 0 Å². The van der Waals surface area contributed by atoms with Crippen molar-refractivity contribution >= 4 is 28.8 Å². The molecule has 0 N–H and O–H groups in total. The highest BCUT2D eigenvalue weighted by Gasteiger charge is 2.34. The third kappa shape index (κ3) is 32.0. The van der Waals surface area contributed by atoms with Crippen LogP contribution in [0.1, 0.15) is 171 Å². The number of carbonyl (C=O) groups is 1. The highest BCUT2D eigenvalue weighted by molar-refractivity contribution is 5.69. The van der Waals surface area contributed by atoms with Crippen LogP contribution in [-0.2, 0) is 50.1 Å². The first kappa shape index (κ1) is 94.5. The number of carbonyl (C=O) groups excluding carboxylic acids is 1. The molecule has 4 aromatic heterocycles. The van der Waals surface area contributed by atoms with Crippen LogP contribution in [0.2, 0.25) is 0 Å². The van der Waals surface area contributed by atoms with Crippen molar-refractivity contribution < 1.29 is 47.4 Å². The van der Waals surface area contributed by atoms with Gasteiger partial charge in [0.05, 0.1) is 105 Å². The molecule has 22 nitrogen and oxygen atoms in total. The fraction of sp³-hybridized carbons (Fsp3) is 0.567. The number of amides is 1. The second-order valence-corrected chi connectivity index (χ2v) is 37.1. The molecule has 0 radical (unpaired) electrons. The summed E-state index contributed by atoms with van der Waals surface area (Å²) in [5, 5.41) is 0. The average molecular weight is 1720 g/mol. The molecule has 8 aliphatic rings. The Hall–Kier alpha value is -9.13. The summed E-state index contributed by atoms with van der Waals surface area (Å²) in [5.41, 5.74) is 9.15. The lowest BCUT2D eigenvalue weighted by Crippen LogP contribution is -2.42. The highest BCUT2D eigenvalue weighted by Crippen LogP contribution is 2.34. The van der Waals surface area contributed by atoms with Gasteiger partial charge in [0.15, 0.2) is 0 Å². The van der Waals surface area contributed by atoms with Crippen LogP contribution in [0, 0.1) is 23.7 Å². The third-order valence-corrected chi connectivity index (χ3v) is 26.6. The number of nitrogens with zero attached hydrogens (tertiary/aromatic N) is 12. The quantitative estimate of drug-likeness (QED) is 0.0338. The number of anilines is 4. The lowest BCUT2D eigenvalue weighted by atomic mass is 9.94. The zero-order chi connectivity index (χ0) is 87.2. The second-order valence-electron chi connectivity index (χ2n) is 37.1. The monoisotopic (exact) mass is 1720 g/mol. The predicted octanol–water partition coefficient (Wildman–Crippen LogP) is 18.8. The lowest BCUT2D eigenvalue weighted by molar-refractivity contribution is 0.0187. The summed E-state index contributed by atoms with van der Waals surface area (Å²) in [7, 11) is 6.56. The third-order valence-electron chi connectivity index (χ3n) is 26.6. The summed E-state index contributed by atoms with van der Waals surface area (Å²) in [4.78, 5) is 49.0. The number of likely N-dealkylation sites (N-methyl/N-ethyl adjacent to an activating group) is 3. The predicted molar refractivity (Wildman–Crippen MR) is 504 cm³/mol. The molecule has 0 spiro atoms. The van der Waals surface area contributed by atoms with Crippen molar-refractivity contribution in [3.8, 4) is 23.0 Å². The van der Waals surface area contributed by atoms with E-state index in [1.54, 1.807) is 11.1 Å². The summed E-state index contributed by atoms with van der Waals surface area (Å²) >= 11 is 0. The maximum atomic E-state index is 12.5. The van der Waals surface area contributed by atoms with Crippen molar-refractivity contribution in [1.29, 1.82) is 0 Å². The summed E-state index contributed by atoms with van der Waals surface area (Å²) in [5.74, 6) is 6.38. The zero-order valence-electron chi connectivity index (χ0n) is 76.7. The van der Waals surface area contributed by atoms with Crippen LogP contribution in [0.5, 0.6) is 23.0 Å². The maximum absolute atomic E-state index is 12.5. The topological polar surface area (TPSA) is 178 Å². The van der Waals surface area contributed by atoms with Crippen molar-refractivity contribution in [2.24, 2.45) is 23.7 Å². The Balaban J connectivity index is 0.000000144. The zero-order valence-corrected chi connectivity index (χ0v) is 76.7. The summed E-state index contributed by atoms with van der Waals surface area (Å²) in [6, 6.07) is 51.8. The van der Waals surface area contributed by atoms with Crippen molar-refractivity contribution in [3.05, 3.63) is 217 Å². The fourth-order valence-electron chi connectivity index (χ4n) is 18.5. The molecule has 4 atom stereocenters. The van der Waals surface area contributed by atoms with E-state index in [1.807, 2.05) is 88.4 Å². The number of hydrogen-bond donors (Lipinski definition) is 0. The molecule has 0 saturated carbocycles. The van der Waals surface area contributed by atoms with Crippen molar-refractivity contribution in [2.75, 3.05) is 172 Å². The fourth-order valence-corrected chi connectivity index (χ4v) is 18.5. The van der Waals surface area contributed by atoms with Crippen molar-refractivity contribution in [3.63, 3.8) is 0 Å². The normalized spacial score (nSPS) is 20.1. The van der Waals surface area contributed by atoms with Gasteiger partial charge in [0.25, 0.3) is 0 Å². The summed E-state index contributed by atoms with van der Waals surface area (Å²) in [6.45, 7) is 27.4. The van der Waals surface area contributed by atoms with Crippen LogP contribution in [0.15, 0.2) is 195 Å². The minimum Gasteiger partial charge on any atom is -0.490 e. The van der Waals surface area contributed by atoms with E-state index in [0.29, 0.717) is 43.8 Å². The summed E-state index contributed by atoms with van der Waals surface area (Å²) < 4.78 is 53.4. The van der Waals surface area contributed by atoms with Gasteiger partial charge in [0, 0.05) is 128 Å². The Morgan fingerprint density at radius 3 is 0.810 bits per heavy atom. The molecule has 8 saturated heterocycles. The lowest BCUT2D eigenvalue weighted by Gasteiger charge is -2.33. The Labute approximate surface area is 753 Å². The van der Waals surface area contributed by atoms with Crippen LogP contribution in [0.25, 0.3) is 0 Å². The van der Waals surface area contributed by atoms with E-state index in [9.17, 15) is 4.79 Å². The molecule has 8 aliphatic heterocycles. The van der Waals surface area contributed by atoms with Gasteiger partial charge in [-0.1, -0.05) is 121 Å². The van der Waals surface area contributed by atoms with E-state index in [1.165, 1.54) is 136 Å². The van der Waals surface area contributed by atoms with E-state index < -0.39 is 5.60 Å². The van der Waals surface area contributed by atoms with Crippen molar-refractivity contribution in [1.82, 2.24) is 39.5 Å². The largest absolute Gasteiger partial charge is 0.490 e. The molecule has 682 valence electrons.